The number of carbonyl (C=O) groups is 2. The summed E-state index contributed by atoms with van der Waals surface area (Å²) in [6.45, 7) is 3.96. The number of furan rings is 1. The summed E-state index contributed by atoms with van der Waals surface area (Å²) in [4.78, 5) is 27.1. The van der Waals surface area contributed by atoms with Crippen LogP contribution in [-0.4, -0.2) is 31.6 Å². The molecule has 2 aromatic carbocycles. The van der Waals surface area contributed by atoms with Crippen LogP contribution in [-0.2, 0) is 16.0 Å². The zero-order valence-corrected chi connectivity index (χ0v) is 16.0. The Balaban J connectivity index is 1.53. The highest BCUT2D eigenvalue weighted by atomic mass is 16.6. The molecule has 144 valence electrons. The molecule has 4 rings (SSSR count). The number of ether oxygens (including phenoxy) is 2. The van der Waals surface area contributed by atoms with Crippen LogP contribution in [0.1, 0.15) is 28.6 Å². The van der Waals surface area contributed by atoms with Gasteiger partial charge >= 0.3 is 5.97 Å². The number of methoxy groups -OCH3 is 1. The number of esters is 1. The molecule has 0 saturated carbocycles. The van der Waals surface area contributed by atoms with E-state index in [1.54, 1.807) is 44.1 Å². The SMILES string of the molecule is COc1ccc2oc(C(=O)O[C@H](C)C(=O)N3CCc4ccccc43)c(C)c2c1. The normalized spacial score (nSPS) is 14.0. The monoisotopic (exact) mass is 379 g/mol. The van der Waals surface area contributed by atoms with E-state index in [-0.39, 0.29) is 11.7 Å². The summed E-state index contributed by atoms with van der Waals surface area (Å²) in [5.41, 5.74) is 3.22. The van der Waals surface area contributed by atoms with E-state index in [1.165, 1.54) is 0 Å². The second kappa shape index (κ2) is 7.03. The van der Waals surface area contributed by atoms with E-state index < -0.39 is 12.1 Å². The Labute approximate surface area is 162 Å². The number of amides is 1. The van der Waals surface area contributed by atoms with Gasteiger partial charge < -0.3 is 18.8 Å². The van der Waals surface area contributed by atoms with Crippen LogP contribution in [0, 0.1) is 6.92 Å². The number of fused-ring (bicyclic) bond motifs is 2. The topological polar surface area (TPSA) is 69.0 Å². The number of para-hydroxylation sites is 1. The quantitative estimate of drug-likeness (QED) is 0.644. The Hall–Kier alpha value is -3.28. The molecule has 0 aliphatic carbocycles. The van der Waals surface area contributed by atoms with Gasteiger partial charge in [0, 0.05) is 23.2 Å². The van der Waals surface area contributed by atoms with Crippen LogP contribution in [0.5, 0.6) is 5.75 Å². The van der Waals surface area contributed by atoms with Gasteiger partial charge in [0.25, 0.3) is 5.91 Å². The maximum atomic E-state index is 12.8. The summed E-state index contributed by atoms with van der Waals surface area (Å²) in [6.07, 6.45) is -0.117. The minimum absolute atomic E-state index is 0.102. The smallest absolute Gasteiger partial charge is 0.375 e. The summed E-state index contributed by atoms with van der Waals surface area (Å²) >= 11 is 0. The van der Waals surface area contributed by atoms with Gasteiger partial charge in [-0.1, -0.05) is 18.2 Å². The maximum absolute atomic E-state index is 12.8. The van der Waals surface area contributed by atoms with Crippen molar-refractivity contribution in [2.75, 3.05) is 18.6 Å². The fourth-order valence-corrected chi connectivity index (χ4v) is 3.57. The molecule has 0 fully saturated rings. The van der Waals surface area contributed by atoms with Crippen molar-refractivity contribution in [2.45, 2.75) is 26.4 Å². The van der Waals surface area contributed by atoms with Gasteiger partial charge in [0.05, 0.1) is 7.11 Å². The lowest BCUT2D eigenvalue weighted by atomic mass is 10.1. The Bertz CT molecular complexity index is 1070. The van der Waals surface area contributed by atoms with Gasteiger partial charge in [-0.05, 0) is 50.1 Å². The average molecular weight is 379 g/mol. The molecule has 0 saturated heterocycles. The van der Waals surface area contributed by atoms with Gasteiger partial charge in [-0.2, -0.15) is 0 Å². The van der Waals surface area contributed by atoms with Crippen molar-refractivity contribution in [1.29, 1.82) is 0 Å². The predicted molar refractivity (Wildman–Crippen MR) is 105 cm³/mol. The Morgan fingerprint density at radius 1 is 1.18 bits per heavy atom. The molecule has 1 aliphatic rings. The highest BCUT2D eigenvalue weighted by Gasteiger charge is 2.31. The number of benzene rings is 2. The van der Waals surface area contributed by atoms with E-state index in [1.807, 2.05) is 24.3 Å². The van der Waals surface area contributed by atoms with Gasteiger partial charge in [-0.3, -0.25) is 4.79 Å². The number of nitrogens with zero attached hydrogens (tertiary/aromatic N) is 1. The highest BCUT2D eigenvalue weighted by molar-refractivity contribution is 6.01. The first-order valence-electron chi connectivity index (χ1n) is 9.17. The maximum Gasteiger partial charge on any atom is 0.375 e. The molecule has 0 radical (unpaired) electrons. The van der Waals surface area contributed by atoms with Crippen LogP contribution in [0.3, 0.4) is 0 Å². The largest absolute Gasteiger partial charge is 0.497 e. The van der Waals surface area contributed by atoms with Gasteiger partial charge in [0.15, 0.2) is 6.10 Å². The zero-order valence-electron chi connectivity index (χ0n) is 16.0. The van der Waals surface area contributed by atoms with E-state index in [0.29, 0.717) is 23.4 Å². The van der Waals surface area contributed by atoms with E-state index in [4.69, 9.17) is 13.9 Å². The minimum Gasteiger partial charge on any atom is -0.497 e. The van der Waals surface area contributed by atoms with Gasteiger partial charge in [-0.15, -0.1) is 0 Å². The molecule has 1 aliphatic heterocycles. The van der Waals surface area contributed by atoms with Crippen molar-refractivity contribution in [3.63, 3.8) is 0 Å². The van der Waals surface area contributed by atoms with E-state index in [9.17, 15) is 9.59 Å². The number of rotatable bonds is 4. The van der Waals surface area contributed by atoms with Crippen molar-refractivity contribution in [2.24, 2.45) is 0 Å². The Morgan fingerprint density at radius 3 is 2.75 bits per heavy atom. The average Bonchev–Trinajstić information content (AvgIpc) is 3.28. The van der Waals surface area contributed by atoms with E-state index >= 15 is 0 Å². The van der Waals surface area contributed by atoms with E-state index in [2.05, 4.69) is 0 Å². The molecular weight excluding hydrogens is 358 g/mol. The molecule has 6 nitrogen and oxygen atoms in total. The van der Waals surface area contributed by atoms with Crippen LogP contribution in [0.25, 0.3) is 11.0 Å². The first-order chi connectivity index (χ1) is 13.5. The van der Waals surface area contributed by atoms with Crippen molar-refractivity contribution >= 4 is 28.5 Å². The third kappa shape index (κ3) is 3.01. The first-order valence-corrected chi connectivity index (χ1v) is 9.17. The minimum atomic E-state index is -0.916. The molecule has 2 heterocycles. The lowest BCUT2D eigenvalue weighted by Gasteiger charge is -2.21. The Morgan fingerprint density at radius 2 is 1.96 bits per heavy atom. The highest BCUT2D eigenvalue weighted by Crippen LogP contribution is 2.30. The number of anilines is 1. The van der Waals surface area contributed by atoms with Crippen LogP contribution in [0.2, 0.25) is 0 Å². The van der Waals surface area contributed by atoms with Crippen LogP contribution in [0.4, 0.5) is 5.69 Å². The molecule has 0 N–H and O–H groups in total. The molecular formula is C22H21NO5. The molecule has 0 spiro atoms. The third-order valence-electron chi connectivity index (χ3n) is 5.11. The van der Waals surface area contributed by atoms with Gasteiger partial charge in [0.1, 0.15) is 11.3 Å². The third-order valence-corrected chi connectivity index (χ3v) is 5.11. The lowest BCUT2D eigenvalue weighted by Crippen LogP contribution is -2.39. The number of hydrogen-bond donors (Lipinski definition) is 0. The van der Waals surface area contributed by atoms with Crippen LogP contribution >= 0.6 is 0 Å². The summed E-state index contributed by atoms with van der Waals surface area (Å²) in [5, 5.41) is 0.777. The van der Waals surface area contributed by atoms with Crippen LogP contribution < -0.4 is 9.64 Å². The molecule has 6 heteroatoms. The summed E-state index contributed by atoms with van der Waals surface area (Å²) < 4.78 is 16.3. The van der Waals surface area contributed by atoms with Crippen molar-refractivity contribution < 1.29 is 23.5 Å². The zero-order chi connectivity index (χ0) is 19.8. The van der Waals surface area contributed by atoms with Gasteiger partial charge in [0.2, 0.25) is 5.76 Å². The number of carbonyl (C=O) groups excluding carboxylic acids is 2. The molecule has 0 unspecified atom stereocenters. The molecule has 1 atom stereocenters. The molecule has 1 amide bonds. The van der Waals surface area contributed by atoms with Crippen molar-refractivity contribution in [3.05, 3.63) is 59.4 Å². The predicted octanol–water partition coefficient (Wildman–Crippen LogP) is 3.88. The summed E-state index contributed by atoms with van der Waals surface area (Å²) in [6, 6.07) is 13.1. The summed E-state index contributed by atoms with van der Waals surface area (Å²) in [7, 11) is 1.58. The molecule has 28 heavy (non-hydrogen) atoms. The van der Waals surface area contributed by atoms with Crippen molar-refractivity contribution in [3.8, 4) is 5.75 Å². The molecule has 1 aromatic heterocycles. The molecule has 3 aromatic rings. The standard InChI is InChI=1S/C22H21NO5/c1-13-17-12-16(26-3)8-9-19(17)28-20(13)22(25)27-14(2)21(24)23-11-10-15-6-4-5-7-18(15)23/h4-9,12,14H,10-11H2,1-3H3/t14-/m1/s1. The molecule has 0 bridgehead atoms. The van der Waals surface area contributed by atoms with Crippen LogP contribution in [0.15, 0.2) is 46.9 Å². The van der Waals surface area contributed by atoms with E-state index in [0.717, 1.165) is 23.1 Å². The van der Waals surface area contributed by atoms with Gasteiger partial charge in [-0.25, -0.2) is 4.79 Å². The number of aryl methyl sites for hydroxylation is 1. The second-order valence-electron chi connectivity index (χ2n) is 6.83. The lowest BCUT2D eigenvalue weighted by molar-refractivity contribution is -0.126. The fourth-order valence-electron chi connectivity index (χ4n) is 3.57. The van der Waals surface area contributed by atoms with Crippen molar-refractivity contribution in [1.82, 2.24) is 0 Å². The number of hydrogen-bond acceptors (Lipinski definition) is 5. The Kier molecular flexibility index (Phi) is 4.55. The fraction of sp³-hybridized carbons (Fsp3) is 0.273. The summed E-state index contributed by atoms with van der Waals surface area (Å²) in [5.74, 6) is -0.119. The first kappa shape index (κ1) is 18.1. The second-order valence-corrected chi connectivity index (χ2v) is 6.83.